The minimum atomic E-state index is 0.968. The van der Waals surface area contributed by atoms with Gasteiger partial charge in [-0.15, -0.1) is 6.58 Å². The van der Waals surface area contributed by atoms with Gasteiger partial charge in [-0.3, -0.25) is 4.48 Å². The van der Waals surface area contributed by atoms with E-state index in [2.05, 4.69) is 61.3 Å². The van der Waals surface area contributed by atoms with Crippen molar-refractivity contribution < 1.29 is 4.48 Å². The van der Waals surface area contributed by atoms with E-state index in [1.165, 1.54) is 48.7 Å². The van der Waals surface area contributed by atoms with Gasteiger partial charge in [-0.2, -0.15) is 0 Å². The quantitative estimate of drug-likeness (QED) is 0.509. The largest absolute Gasteiger partial charge is 0.294 e. The Kier molecular flexibility index (Phi) is 4.74. The molecule has 22 heavy (non-hydrogen) atoms. The van der Waals surface area contributed by atoms with Crippen molar-refractivity contribution in [2.75, 3.05) is 13.1 Å². The molecular formula is C21H26N+. The van der Waals surface area contributed by atoms with Crippen LogP contribution < -0.4 is 0 Å². The smallest absolute Gasteiger partial charge is 0.109 e. The van der Waals surface area contributed by atoms with Gasteiger partial charge in [0.15, 0.2) is 0 Å². The van der Waals surface area contributed by atoms with Crippen molar-refractivity contribution in [3.05, 3.63) is 73.0 Å². The summed E-state index contributed by atoms with van der Waals surface area (Å²) in [6, 6.07) is 15.5. The lowest BCUT2D eigenvalue weighted by Gasteiger charge is -2.38. The van der Waals surface area contributed by atoms with Crippen molar-refractivity contribution in [3.63, 3.8) is 0 Å². The standard InChI is InChI=1S/C21H26N/c1-2-3-7-15-22(16-8-4-9-17-22)18-20-13-10-12-19-11-5-6-14-21(19)20/h2,5-7,10-15H,1,3-4,8-9,16-18H2/q+1/b15-7+. The third-order valence-corrected chi connectivity index (χ3v) is 4.80. The van der Waals surface area contributed by atoms with Crippen molar-refractivity contribution in [3.8, 4) is 0 Å². The SMILES string of the molecule is C=CC/C=C/[N+]1(Cc2cccc3ccccc23)CCCCC1. The second-order valence-electron chi connectivity index (χ2n) is 6.43. The fourth-order valence-electron chi connectivity index (χ4n) is 3.65. The van der Waals surface area contributed by atoms with Gasteiger partial charge in [0.05, 0.1) is 19.3 Å². The second kappa shape index (κ2) is 6.93. The lowest BCUT2D eigenvalue weighted by Crippen LogP contribution is -2.46. The van der Waals surface area contributed by atoms with E-state index in [1.54, 1.807) is 0 Å². The first-order valence-corrected chi connectivity index (χ1v) is 8.44. The number of fused-ring (bicyclic) bond motifs is 1. The number of benzene rings is 2. The summed E-state index contributed by atoms with van der Waals surface area (Å²) in [4.78, 5) is 0. The minimum Gasteiger partial charge on any atom is -0.294 e. The molecule has 1 saturated heterocycles. The van der Waals surface area contributed by atoms with E-state index in [4.69, 9.17) is 0 Å². The number of hydrogen-bond acceptors (Lipinski definition) is 0. The number of likely N-dealkylation sites (tertiary alicyclic amines) is 1. The summed E-state index contributed by atoms with van der Waals surface area (Å²) in [6.07, 6.45) is 11.7. The molecule has 114 valence electrons. The summed E-state index contributed by atoms with van der Waals surface area (Å²) < 4.78 is 1.10. The number of nitrogens with zero attached hydrogens (tertiary/aromatic N) is 1. The van der Waals surface area contributed by atoms with Crippen molar-refractivity contribution in [2.24, 2.45) is 0 Å². The van der Waals surface area contributed by atoms with Gasteiger partial charge in [-0.05, 0) is 42.5 Å². The molecule has 0 aromatic heterocycles. The van der Waals surface area contributed by atoms with Gasteiger partial charge < -0.3 is 0 Å². The zero-order chi connectivity index (χ0) is 15.3. The van der Waals surface area contributed by atoms with Crippen molar-refractivity contribution in [1.82, 2.24) is 0 Å². The number of rotatable bonds is 5. The van der Waals surface area contributed by atoms with Crippen LogP contribution >= 0.6 is 0 Å². The number of piperidine rings is 1. The van der Waals surface area contributed by atoms with Gasteiger partial charge in [0.1, 0.15) is 6.54 Å². The predicted molar refractivity (Wildman–Crippen MR) is 95.5 cm³/mol. The van der Waals surface area contributed by atoms with Crippen LogP contribution in [0.4, 0.5) is 0 Å². The Morgan fingerprint density at radius 3 is 2.55 bits per heavy atom. The van der Waals surface area contributed by atoms with Crippen molar-refractivity contribution in [2.45, 2.75) is 32.2 Å². The van der Waals surface area contributed by atoms with E-state index in [9.17, 15) is 0 Å². The third-order valence-electron chi connectivity index (χ3n) is 4.80. The number of hydrogen-bond donors (Lipinski definition) is 0. The fourth-order valence-corrected chi connectivity index (χ4v) is 3.65. The van der Waals surface area contributed by atoms with Gasteiger partial charge >= 0.3 is 0 Å². The van der Waals surface area contributed by atoms with Crippen LogP contribution in [0.2, 0.25) is 0 Å². The maximum atomic E-state index is 3.83. The van der Waals surface area contributed by atoms with E-state index in [1.807, 2.05) is 6.08 Å². The molecule has 1 nitrogen and oxygen atoms in total. The molecule has 1 heterocycles. The maximum absolute atomic E-state index is 3.83. The first kappa shape index (κ1) is 15.1. The Hall–Kier alpha value is -1.86. The predicted octanol–water partition coefficient (Wildman–Crippen LogP) is 5.43. The molecule has 1 heteroatoms. The summed E-state index contributed by atoms with van der Waals surface area (Å²) in [5.74, 6) is 0. The fraction of sp³-hybridized carbons (Fsp3) is 0.333. The molecule has 0 spiro atoms. The monoisotopic (exact) mass is 292 g/mol. The maximum Gasteiger partial charge on any atom is 0.109 e. The molecule has 0 amide bonds. The molecular weight excluding hydrogens is 266 g/mol. The van der Waals surface area contributed by atoms with E-state index < -0.39 is 0 Å². The molecule has 2 aromatic carbocycles. The summed E-state index contributed by atoms with van der Waals surface area (Å²) in [6.45, 7) is 7.46. The second-order valence-corrected chi connectivity index (χ2v) is 6.43. The highest BCUT2D eigenvalue weighted by Gasteiger charge is 2.28. The van der Waals surface area contributed by atoms with Crippen LogP contribution in [0.1, 0.15) is 31.2 Å². The highest BCUT2D eigenvalue weighted by atomic mass is 15.3. The Morgan fingerprint density at radius 2 is 1.73 bits per heavy atom. The van der Waals surface area contributed by atoms with E-state index in [0.29, 0.717) is 0 Å². The first-order chi connectivity index (χ1) is 10.8. The van der Waals surface area contributed by atoms with Crippen molar-refractivity contribution in [1.29, 1.82) is 0 Å². The van der Waals surface area contributed by atoms with Gasteiger partial charge in [-0.1, -0.05) is 48.5 Å². The van der Waals surface area contributed by atoms with Gasteiger partial charge in [-0.25, -0.2) is 0 Å². The van der Waals surface area contributed by atoms with Gasteiger partial charge in [0, 0.05) is 5.56 Å². The molecule has 0 atom stereocenters. The van der Waals surface area contributed by atoms with E-state index in [-0.39, 0.29) is 0 Å². The molecule has 3 rings (SSSR count). The Bertz CT molecular complexity index is 657. The molecule has 0 bridgehead atoms. The van der Waals surface area contributed by atoms with E-state index >= 15 is 0 Å². The van der Waals surface area contributed by atoms with Crippen LogP contribution in [0.25, 0.3) is 10.8 Å². The van der Waals surface area contributed by atoms with Crippen LogP contribution in [-0.2, 0) is 6.54 Å². The molecule has 1 aliphatic rings. The summed E-state index contributed by atoms with van der Waals surface area (Å²) in [5, 5.41) is 2.76. The minimum absolute atomic E-state index is 0.968. The molecule has 2 aromatic rings. The number of allylic oxidation sites excluding steroid dienone is 2. The van der Waals surface area contributed by atoms with Crippen LogP contribution in [0, 0.1) is 0 Å². The topological polar surface area (TPSA) is 0 Å². The van der Waals surface area contributed by atoms with Gasteiger partial charge in [0.25, 0.3) is 0 Å². The third kappa shape index (κ3) is 3.31. The molecule has 0 unspecified atom stereocenters. The zero-order valence-electron chi connectivity index (χ0n) is 13.4. The van der Waals surface area contributed by atoms with Crippen molar-refractivity contribution >= 4 is 10.8 Å². The van der Waals surface area contributed by atoms with Crippen LogP contribution in [0.15, 0.2) is 67.4 Å². The summed E-state index contributed by atoms with van der Waals surface area (Å²) in [5.41, 5.74) is 1.48. The normalized spacial score (nSPS) is 17.8. The molecule has 0 aliphatic carbocycles. The van der Waals surface area contributed by atoms with Gasteiger partial charge in [0.2, 0.25) is 0 Å². The van der Waals surface area contributed by atoms with E-state index in [0.717, 1.165) is 17.4 Å². The van der Waals surface area contributed by atoms with Crippen LogP contribution in [0.5, 0.6) is 0 Å². The first-order valence-electron chi connectivity index (χ1n) is 8.44. The Labute approximate surface area is 134 Å². The Balaban J connectivity index is 1.93. The Morgan fingerprint density at radius 1 is 0.955 bits per heavy atom. The summed E-state index contributed by atoms with van der Waals surface area (Å²) in [7, 11) is 0. The number of quaternary nitrogens is 1. The highest BCUT2D eigenvalue weighted by Crippen LogP contribution is 2.27. The average Bonchev–Trinajstić information content (AvgIpc) is 2.56. The van der Waals surface area contributed by atoms with Crippen LogP contribution in [-0.4, -0.2) is 17.6 Å². The lowest BCUT2D eigenvalue weighted by atomic mass is 10.0. The average molecular weight is 292 g/mol. The molecule has 0 radical (unpaired) electrons. The zero-order valence-corrected chi connectivity index (χ0v) is 13.4. The molecule has 1 aliphatic heterocycles. The summed E-state index contributed by atoms with van der Waals surface area (Å²) >= 11 is 0. The molecule has 0 N–H and O–H groups in total. The molecule has 0 saturated carbocycles. The lowest BCUT2D eigenvalue weighted by molar-refractivity contribution is -0.897. The molecule has 1 fully saturated rings. The van der Waals surface area contributed by atoms with Crippen LogP contribution in [0.3, 0.4) is 0 Å². The highest BCUT2D eigenvalue weighted by molar-refractivity contribution is 5.85.